The van der Waals surface area contributed by atoms with Gasteiger partial charge in [0.2, 0.25) is 0 Å². The molecule has 0 spiro atoms. The quantitative estimate of drug-likeness (QED) is 0.871. The lowest BCUT2D eigenvalue weighted by Gasteiger charge is -2.02. The molecule has 0 atom stereocenters. The van der Waals surface area contributed by atoms with E-state index >= 15 is 0 Å². The number of hydrogen-bond acceptors (Lipinski definition) is 2. The van der Waals surface area contributed by atoms with Gasteiger partial charge in [0, 0.05) is 24.3 Å². The summed E-state index contributed by atoms with van der Waals surface area (Å²) in [6.07, 6.45) is 6.76. The second-order valence-corrected chi connectivity index (χ2v) is 5.19. The summed E-state index contributed by atoms with van der Waals surface area (Å²) in [4.78, 5) is 0. The van der Waals surface area contributed by atoms with Gasteiger partial charge in [-0.15, -0.1) is 0 Å². The number of rotatable bonds is 5. The minimum atomic E-state index is 0.755. The summed E-state index contributed by atoms with van der Waals surface area (Å²) in [6, 6.07) is 9.38. The minimum Gasteiger partial charge on any atom is -0.310 e. The third-order valence-electron chi connectivity index (χ3n) is 3.32. The predicted octanol–water partition coefficient (Wildman–Crippen LogP) is 2.49. The maximum absolute atomic E-state index is 4.41. The first-order valence-corrected chi connectivity index (χ1v) is 6.60. The van der Waals surface area contributed by atoms with Gasteiger partial charge in [-0.25, -0.2) is 0 Å². The molecule has 1 aromatic heterocycles. The van der Waals surface area contributed by atoms with Crippen LogP contribution in [0.15, 0.2) is 36.7 Å². The van der Waals surface area contributed by atoms with Crippen molar-refractivity contribution >= 4 is 0 Å². The lowest BCUT2D eigenvalue weighted by Crippen LogP contribution is -2.14. The Hall–Kier alpha value is -1.61. The van der Waals surface area contributed by atoms with Gasteiger partial charge in [0.25, 0.3) is 0 Å². The fourth-order valence-electron chi connectivity index (χ4n) is 2.01. The molecule has 1 saturated carbocycles. The van der Waals surface area contributed by atoms with Crippen LogP contribution in [-0.4, -0.2) is 15.8 Å². The molecule has 1 aliphatic rings. The van der Waals surface area contributed by atoms with Crippen LogP contribution in [0.1, 0.15) is 29.5 Å². The summed E-state index contributed by atoms with van der Waals surface area (Å²) in [7, 11) is 0. The molecule has 3 rings (SSSR count). The maximum atomic E-state index is 4.41. The zero-order valence-electron chi connectivity index (χ0n) is 10.8. The molecule has 1 aromatic carbocycles. The summed E-state index contributed by atoms with van der Waals surface area (Å²) in [5, 5.41) is 7.91. The van der Waals surface area contributed by atoms with E-state index < -0.39 is 0 Å². The van der Waals surface area contributed by atoms with Crippen molar-refractivity contribution in [1.29, 1.82) is 0 Å². The molecule has 18 heavy (non-hydrogen) atoms. The number of nitrogens with one attached hydrogen (secondary N) is 1. The highest BCUT2D eigenvalue weighted by molar-refractivity contribution is 5.21. The Kier molecular flexibility index (Phi) is 3.15. The highest BCUT2D eigenvalue weighted by Crippen LogP contribution is 2.19. The molecule has 94 valence electrons. The Balaban J connectivity index is 1.60. The highest BCUT2D eigenvalue weighted by atomic mass is 15.3. The van der Waals surface area contributed by atoms with Gasteiger partial charge in [0.05, 0.1) is 12.7 Å². The summed E-state index contributed by atoms with van der Waals surface area (Å²) < 4.78 is 2.01. The molecular weight excluding hydrogens is 222 g/mol. The van der Waals surface area contributed by atoms with E-state index in [0.717, 1.165) is 19.1 Å². The van der Waals surface area contributed by atoms with Crippen molar-refractivity contribution in [3.8, 4) is 0 Å². The molecule has 1 aliphatic carbocycles. The van der Waals surface area contributed by atoms with Gasteiger partial charge in [-0.2, -0.15) is 5.10 Å². The summed E-state index contributed by atoms with van der Waals surface area (Å²) >= 11 is 0. The smallest absolute Gasteiger partial charge is 0.0659 e. The van der Waals surface area contributed by atoms with E-state index in [2.05, 4.69) is 47.8 Å². The lowest BCUT2D eigenvalue weighted by atomic mass is 10.1. The zero-order valence-corrected chi connectivity index (χ0v) is 10.8. The van der Waals surface area contributed by atoms with Crippen LogP contribution in [0.25, 0.3) is 0 Å². The summed E-state index contributed by atoms with van der Waals surface area (Å²) in [6.45, 7) is 3.90. The van der Waals surface area contributed by atoms with Crippen LogP contribution in [0, 0.1) is 6.92 Å². The molecule has 1 N–H and O–H groups in total. The third-order valence-corrected chi connectivity index (χ3v) is 3.32. The molecule has 2 aromatic rings. The Morgan fingerprint density at radius 1 is 1.22 bits per heavy atom. The third kappa shape index (κ3) is 2.99. The molecular formula is C15H19N3. The average molecular weight is 241 g/mol. The van der Waals surface area contributed by atoms with Crippen LogP contribution >= 0.6 is 0 Å². The van der Waals surface area contributed by atoms with Crippen molar-refractivity contribution in [2.75, 3.05) is 0 Å². The van der Waals surface area contributed by atoms with E-state index in [1.165, 1.54) is 29.5 Å². The average Bonchev–Trinajstić information content (AvgIpc) is 3.10. The van der Waals surface area contributed by atoms with E-state index in [0.29, 0.717) is 0 Å². The lowest BCUT2D eigenvalue weighted by molar-refractivity contribution is 0.675. The van der Waals surface area contributed by atoms with Crippen LogP contribution in [0.5, 0.6) is 0 Å². The van der Waals surface area contributed by atoms with E-state index in [4.69, 9.17) is 0 Å². The van der Waals surface area contributed by atoms with E-state index in [-0.39, 0.29) is 0 Å². The van der Waals surface area contributed by atoms with Crippen molar-refractivity contribution in [1.82, 2.24) is 15.1 Å². The Morgan fingerprint density at radius 3 is 2.72 bits per heavy atom. The van der Waals surface area contributed by atoms with Crippen molar-refractivity contribution in [3.05, 3.63) is 53.3 Å². The Morgan fingerprint density at radius 2 is 2.00 bits per heavy atom. The topological polar surface area (TPSA) is 29.9 Å². The second-order valence-electron chi connectivity index (χ2n) is 5.19. The van der Waals surface area contributed by atoms with Gasteiger partial charge in [-0.05, 0) is 25.3 Å². The van der Waals surface area contributed by atoms with E-state index in [1.807, 2.05) is 10.9 Å². The fourth-order valence-corrected chi connectivity index (χ4v) is 2.01. The normalized spacial score (nSPS) is 14.9. The molecule has 1 fully saturated rings. The summed E-state index contributed by atoms with van der Waals surface area (Å²) in [5.41, 5.74) is 3.87. The molecule has 0 saturated heterocycles. The molecule has 1 heterocycles. The maximum Gasteiger partial charge on any atom is 0.0659 e. The minimum absolute atomic E-state index is 0.755. The first-order chi connectivity index (χ1) is 8.79. The van der Waals surface area contributed by atoms with Gasteiger partial charge in [-0.3, -0.25) is 4.68 Å². The van der Waals surface area contributed by atoms with Gasteiger partial charge < -0.3 is 5.32 Å². The van der Waals surface area contributed by atoms with E-state index in [1.54, 1.807) is 0 Å². The standard InChI is InChI=1S/C15H19N3/c1-12-2-4-13(5-3-12)10-18-11-14(9-17-18)8-16-15-6-7-15/h2-5,9,11,15-16H,6-8,10H2,1H3. The number of nitrogens with zero attached hydrogens (tertiary/aromatic N) is 2. The highest BCUT2D eigenvalue weighted by Gasteiger charge is 2.20. The number of aryl methyl sites for hydroxylation is 1. The van der Waals surface area contributed by atoms with Crippen LogP contribution in [0.2, 0.25) is 0 Å². The van der Waals surface area contributed by atoms with Gasteiger partial charge in [0.15, 0.2) is 0 Å². The van der Waals surface area contributed by atoms with Crippen molar-refractivity contribution in [2.24, 2.45) is 0 Å². The summed E-state index contributed by atoms with van der Waals surface area (Å²) in [5.74, 6) is 0. The molecule has 0 bridgehead atoms. The van der Waals surface area contributed by atoms with Crippen LogP contribution < -0.4 is 5.32 Å². The zero-order chi connectivity index (χ0) is 12.4. The second kappa shape index (κ2) is 4.94. The monoisotopic (exact) mass is 241 g/mol. The number of benzene rings is 1. The van der Waals surface area contributed by atoms with Crippen molar-refractivity contribution in [2.45, 2.75) is 38.9 Å². The van der Waals surface area contributed by atoms with Gasteiger partial charge in [0.1, 0.15) is 0 Å². The largest absolute Gasteiger partial charge is 0.310 e. The van der Waals surface area contributed by atoms with Crippen LogP contribution in [-0.2, 0) is 13.1 Å². The van der Waals surface area contributed by atoms with Crippen LogP contribution in [0.3, 0.4) is 0 Å². The molecule has 0 aliphatic heterocycles. The molecule has 0 radical (unpaired) electrons. The SMILES string of the molecule is Cc1ccc(Cn2cc(CNC3CC3)cn2)cc1. The fraction of sp³-hybridized carbons (Fsp3) is 0.400. The molecule has 3 heteroatoms. The van der Waals surface area contributed by atoms with Crippen LogP contribution in [0.4, 0.5) is 0 Å². The Bertz CT molecular complexity index is 509. The predicted molar refractivity (Wildman–Crippen MR) is 72.4 cm³/mol. The Labute approximate surface area is 108 Å². The van der Waals surface area contributed by atoms with Gasteiger partial charge >= 0.3 is 0 Å². The first-order valence-electron chi connectivity index (χ1n) is 6.60. The molecule has 0 amide bonds. The number of aromatic nitrogens is 2. The molecule has 0 unspecified atom stereocenters. The molecule has 3 nitrogen and oxygen atoms in total. The van der Waals surface area contributed by atoms with Crippen molar-refractivity contribution in [3.63, 3.8) is 0 Å². The van der Waals surface area contributed by atoms with E-state index in [9.17, 15) is 0 Å². The number of hydrogen-bond donors (Lipinski definition) is 1. The van der Waals surface area contributed by atoms with Crippen molar-refractivity contribution < 1.29 is 0 Å². The van der Waals surface area contributed by atoms with Gasteiger partial charge in [-0.1, -0.05) is 29.8 Å². The first kappa shape index (κ1) is 11.5.